The van der Waals surface area contributed by atoms with Crippen LogP contribution in [-0.4, -0.2) is 18.9 Å². The van der Waals surface area contributed by atoms with Crippen LogP contribution in [0.15, 0.2) is 41.1 Å². The summed E-state index contributed by atoms with van der Waals surface area (Å²) in [5.41, 5.74) is 2.19. The molecule has 0 N–H and O–H groups in total. The van der Waals surface area contributed by atoms with Crippen LogP contribution in [0.5, 0.6) is 0 Å². The van der Waals surface area contributed by atoms with Crippen molar-refractivity contribution in [3.8, 4) is 0 Å². The van der Waals surface area contributed by atoms with Crippen LogP contribution in [0, 0.1) is 0 Å². The largest absolute Gasteiger partial charge is 0.371 e. The quantitative estimate of drug-likeness (QED) is 0.550. The first-order valence-electron chi connectivity index (χ1n) is 3.58. The van der Waals surface area contributed by atoms with E-state index in [1.165, 1.54) is 5.57 Å². The van der Waals surface area contributed by atoms with Crippen LogP contribution in [0.3, 0.4) is 0 Å². The SMILES string of the molecule is CO[C@@H]1C=CC=C2C=CN=C21. The molecule has 0 amide bonds. The Morgan fingerprint density at radius 2 is 2.45 bits per heavy atom. The fraction of sp³-hybridized carbons (Fsp3) is 0.222. The molecule has 0 radical (unpaired) electrons. The molecule has 1 aliphatic heterocycles. The summed E-state index contributed by atoms with van der Waals surface area (Å²) in [5, 5.41) is 0. The number of fused-ring (bicyclic) bond motifs is 1. The van der Waals surface area contributed by atoms with Crippen LogP contribution < -0.4 is 0 Å². The molecule has 2 aliphatic rings. The molecule has 0 aromatic heterocycles. The zero-order valence-electron chi connectivity index (χ0n) is 6.32. The molecule has 2 nitrogen and oxygen atoms in total. The van der Waals surface area contributed by atoms with Crippen molar-refractivity contribution in [2.24, 2.45) is 4.99 Å². The number of ether oxygens (including phenoxy) is 1. The molecule has 0 saturated heterocycles. The third-order valence-electron chi connectivity index (χ3n) is 1.85. The normalized spacial score (nSPS) is 26.5. The Morgan fingerprint density at radius 1 is 1.55 bits per heavy atom. The van der Waals surface area contributed by atoms with Crippen LogP contribution >= 0.6 is 0 Å². The molecule has 2 rings (SSSR count). The van der Waals surface area contributed by atoms with Crippen molar-refractivity contribution < 1.29 is 4.74 Å². The first-order valence-corrected chi connectivity index (χ1v) is 3.58. The highest BCUT2D eigenvalue weighted by molar-refractivity contribution is 6.09. The minimum atomic E-state index is 0.0463. The van der Waals surface area contributed by atoms with E-state index in [9.17, 15) is 0 Å². The number of hydrogen-bond acceptors (Lipinski definition) is 2. The Balaban J connectivity index is 2.34. The molecule has 1 heterocycles. The zero-order chi connectivity index (χ0) is 7.68. The summed E-state index contributed by atoms with van der Waals surface area (Å²) < 4.78 is 5.21. The van der Waals surface area contributed by atoms with Crippen LogP contribution in [0.25, 0.3) is 0 Å². The third-order valence-corrected chi connectivity index (χ3v) is 1.85. The molecule has 56 valence electrons. The van der Waals surface area contributed by atoms with E-state index in [4.69, 9.17) is 4.74 Å². The van der Waals surface area contributed by atoms with E-state index in [-0.39, 0.29) is 6.10 Å². The smallest absolute Gasteiger partial charge is 0.118 e. The summed E-state index contributed by atoms with van der Waals surface area (Å²) in [6.07, 6.45) is 9.88. The fourth-order valence-corrected chi connectivity index (χ4v) is 1.28. The van der Waals surface area contributed by atoms with Gasteiger partial charge in [-0.3, -0.25) is 4.99 Å². The Kier molecular flexibility index (Phi) is 1.47. The summed E-state index contributed by atoms with van der Waals surface area (Å²) >= 11 is 0. The number of rotatable bonds is 1. The van der Waals surface area contributed by atoms with Gasteiger partial charge in [-0.1, -0.05) is 12.2 Å². The van der Waals surface area contributed by atoms with Gasteiger partial charge >= 0.3 is 0 Å². The van der Waals surface area contributed by atoms with Gasteiger partial charge in [0.25, 0.3) is 0 Å². The number of aliphatic imine (C=N–C) groups is 1. The molecular formula is C9H9NO. The maximum absolute atomic E-state index is 5.21. The lowest BCUT2D eigenvalue weighted by molar-refractivity contribution is 0.191. The van der Waals surface area contributed by atoms with Crippen molar-refractivity contribution in [2.45, 2.75) is 6.10 Å². The van der Waals surface area contributed by atoms with E-state index in [0.717, 1.165) is 5.71 Å². The van der Waals surface area contributed by atoms with Crippen LogP contribution in [0.1, 0.15) is 0 Å². The van der Waals surface area contributed by atoms with Crippen LogP contribution in [0.4, 0.5) is 0 Å². The molecule has 0 spiro atoms. The lowest BCUT2D eigenvalue weighted by Gasteiger charge is -2.14. The van der Waals surface area contributed by atoms with Gasteiger partial charge in [-0.25, -0.2) is 0 Å². The molecule has 2 heteroatoms. The topological polar surface area (TPSA) is 21.6 Å². The predicted molar refractivity (Wildman–Crippen MR) is 44.6 cm³/mol. The summed E-state index contributed by atoms with van der Waals surface area (Å²) in [4.78, 5) is 4.20. The van der Waals surface area contributed by atoms with Gasteiger partial charge in [-0.15, -0.1) is 0 Å². The fourth-order valence-electron chi connectivity index (χ4n) is 1.28. The van der Waals surface area contributed by atoms with E-state index in [2.05, 4.69) is 4.99 Å². The van der Waals surface area contributed by atoms with E-state index < -0.39 is 0 Å². The monoisotopic (exact) mass is 147 g/mol. The Morgan fingerprint density at radius 3 is 3.27 bits per heavy atom. The van der Waals surface area contributed by atoms with Crippen molar-refractivity contribution in [1.82, 2.24) is 0 Å². The Labute approximate surface area is 65.6 Å². The molecule has 1 aliphatic carbocycles. The highest BCUT2D eigenvalue weighted by Crippen LogP contribution is 2.18. The average Bonchev–Trinajstić information content (AvgIpc) is 2.50. The number of methoxy groups -OCH3 is 1. The highest BCUT2D eigenvalue weighted by Gasteiger charge is 2.19. The molecule has 0 saturated carbocycles. The maximum Gasteiger partial charge on any atom is 0.118 e. The summed E-state index contributed by atoms with van der Waals surface area (Å²) in [7, 11) is 1.69. The van der Waals surface area contributed by atoms with Gasteiger partial charge in [0, 0.05) is 18.9 Å². The first kappa shape index (κ1) is 6.55. The minimum absolute atomic E-state index is 0.0463. The number of nitrogens with zero attached hydrogens (tertiary/aromatic N) is 1. The molecule has 0 bridgehead atoms. The van der Waals surface area contributed by atoms with E-state index in [1.807, 2.05) is 24.3 Å². The number of hydrogen-bond donors (Lipinski definition) is 0. The second kappa shape index (κ2) is 2.47. The lowest BCUT2D eigenvalue weighted by Crippen LogP contribution is -2.22. The molecule has 11 heavy (non-hydrogen) atoms. The van der Waals surface area contributed by atoms with Gasteiger partial charge in [0.1, 0.15) is 6.10 Å². The number of allylic oxidation sites excluding steroid dienone is 3. The lowest BCUT2D eigenvalue weighted by atomic mass is 10.0. The molecule has 1 atom stereocenters. The van der Waals surface area contributed by atoms with Crippen molar-refractivity contribution in [3.63, 3.8) is 0 Å². The minimum Gasteiger partial charge on any atom is -0.371 e. The molecule has 0 aromatic rings. The van der Waals surface area contributed by atoms with E-state index in [1.54, 1.807) is 13.3 Å². The van der Waals surface area contributed by atoms with Gasteiger partial charge in [0.15, 0.2) is 0 Å². The molecular weight excluding hydrogens is 138 g/mol. The van der Waals surface area contributed by atoms with Crippen LogP contribution in [-0.2, 0) is 4.74 Å². The van der Waals surface area contributed by atoms with Gasteiger partial charge in [-0.05, 0) is 12.2 Å². The Hall–Kier alpha value is -1.15. The first-order chi connectivity index (χ1) is 5.42. The summed E-state index contributed by atoms with van der Waals surface area (Å²) in [6.45, 7) is 0. The van der Waals surface area contributed by atoms with E-state index in [0.29, 0.717) is 0 Å². The van der Waals surface area contributed by atoms with Crippen LogP contribution in [0.2, 0.25) is 0 Å². The molecule has 0 unspecified atom stereocenters. The van der Waals surface area contributed by atoms with Gasteiger partial charge in [0.2, 0.25) is 0 Å². The van der Waals surface area contributed by atoms with Gasteiger partial charge in [0.05, 0.1) is 5.71 Å². The second-order valence-electron chi connectivity index (χ2n) is 2.49. The standard InChI is InChI=1S/C9H9NO/c1-11-8-4-2-3-7-5-6-10-9(7)8/h2-6,8H,1H3/t8-/m1/s1. The van der Waals surface area contributed by atoms with Gasteiger partial charge < -0.3 is 4.74 Å². The van der Waals surface area contributed by atoms with Crippen molar-refractivity contribution in [3.05, 3.63) is 36.1 Å². The zero-order valence-corrected chi connectivity index (χ0v) is 6.32. The molecule has 0 aromatic carbocycles. The predicted octanol–water partition coefficient (Wildman–Crippen LogP) is 1.47. The van der Waals surface area contributed by atoms with Crippen molar-refractivity contribution in [1.29, 1.82) is 0 Å². The van der Waals surface area contributed by atoms with E-state index >= 15 is 0 Å². The van der Waals surface area contributed by atoms with Crippen molar-refractivity contribution >= 4 is 5.71 Å². The molecule has 0 fully saturated rings. The second-order valence-corrected chi connectivity index (χ2v) is 2.49. The Bertz CT molecular complexity index is 284. The maximum atomic E-state index is 5.21. The third kappa shape index (κ3) is 0.955. The van der Waals surface area contributed by atoms with Crippen molar-refractivity contribution in [2.75, 3.05) is 7.11 Å². The summed E-state index contributed by atoms with van der Waals surface area (Å²) in [5.74, 6) is 0. The van der Waals surface area contributed by atoms with Gasteiger partial charge in [-0.2, -0.15) is 0 Å². The summed E-state index contributed by atoms with van der Waals surface area (Å²) in [6, 6.07) is 0. The highest BCUT2D eigenvalue weighted by atomic mass is 16.5. The average molecular weight is 147 g/mol.